The molecular formula is C26H23N7O3. The standard InChI is InChI=1S/C26H23N7O3/c34-23(32-25-27-10-11-28-25)18-6-3-7-19-22(18)31-26(30-19)33-24(35)20-14-16-4-1-2-5-17(16)21(29-20)15-8-12-36-13-9-15/h1-7,10-11,14-15H,8-9,12-13H2,(H2,27,28,32,34)(H2,30,31,33,35). The predicted octanol–water partition coefficient (Wildman–Crippen LogP) is 4.23. The number of nitrogens with one attached hydrogen (secondary N) is 4. The van der Waals surface area contributed by atoms with Crippen molar-refractivity contribution in [1.82, 2.24) is 24.9 Å². The fourth-order valence-electron chi connectivity index (χ4n) is 4.58. The highest BCUT2D eigenvalue weighted by atomic mass is 16.5. The SMILES string of the molecule is O=C(Nc1nc2c(C(=O)Nc3ncc[nH]3)cccc2[nH]1)c1cc2ccccc2c(C2CCOCC2)n1. The maximum absolute atomic E-state index is 13.2. The summed E-state index contributed by atoms with van der Waals surface area (Å²) < 4.78 is 5.52. The lowest BCUT2D eigenvalue weighted by Crippen LogP contribution is -2.19. The highest BCUT2D eigenvalue weighted by Gasteiger charge is 2.22. The van der Waals surface area contributed by atoms with Gasteiger partial charge >= 0.3 is 0 Å². The molecule has 0 aliphatic carbocycles. The van der Waals surface area contributed by atoms with Gasteiger partial charge in [-0.3, -0.25) is 20.2 Å². The Morgan fingerprint density at radius 3 is 2.61 bits per heavy atom. The first-order chi connectivity index (χ1) is 17.7. The van der Waals surface area contributed by atoms with Crippen molar-refractivity contribution in [3.63, 3.8) is 0 Å². The average molecular weight is 482 g/mol. The van der Waals surface area contributed by atoms with Crippen molar-refractivity contribution in [3.05, 3.63) is 77.9 Å². The van der Waals surface area contributed by atoms with Crippen LogP contribution in [0.3, 0.4) is 0 Å². The van der Waals surface area contributed by atoms with Gasteiger partial charge in [-0.1, -0.05) is 30.3 Å². The number of carbonyl (C=O) groups is 2. The molecule has 10 nitrogen and oxygen atoms in total. The van der Waals surface area contributed by atoms with E-state index in [0.717, 1.165) is 29.3 Å². The molecule has 180 valence electrons. The Labute approximate surface area is 205 Å². The van der Waals surface area contributed by atoms with E-state index in [1.807, 2.05) is 24.3 Å². The largest absolute Gasteiger partial charge is 0.381 e. The Balaban J connectivity index is 1.30. The number of aromatic amines is 2. The monoisotopic (exact) mass is 481 g/mol. The minimum atomic E-state index is -0.380. The number of amides is 2. The van der Waals surface area contributed by atoms with Crippen LogP contribution in [0, 0.1) is 0 Å². The number of anilines is 2. The van der Waals surface area contributed by atoms with Crippen molar-refractivity contribution in [3.8, 4) is 0 Å². The van der Waals surface area contributed by atoms with Crippen molar-refractivity contribution in [2.75, 3.05) is 23.8 Å². The van der Waals surface area contributed by atoms with Crippen LogP contribution in [-0.4, -0.2) is 49.9 Å². The molecule has 5 aromatic rings. The van der Waals surface area contributed by atoms with Gasteiger partial charge in [0.25, 0.3) is 11.8 Å². The van der Waals surface area contributed by atoms with E-state index in [-0.39, 0.29) is 23.7 Å². The Bertz CT molecular complexity index is 1570. The Kier molecular flexibility index (Phi) is 5.62. The number of ether oxygens (including phenoxy) is 1. The van der Waals surface area contributed by atoms with Crippen LogP contribution in [-0.2, 0) is 4.74 Å². The van der Waals surface area contributed by atoms with Crippen molar-refractivity contribution >= 4 is 45.5 Å². The quantitative estimate of drug-likeness (QED) is 0.296. The average Bonchev–Trinajstić information content (AvgIpc) is 3.57. The molecule has 2 aromatic carbocycles. The van der Waals surface area contributed by atoms with Gasteiger partial charge in [0.1, 0.15) is 11.2 Å². The number of fused-ring (bicyclic) bond motifs is 2. The molecule has 0 spiro atoms. The molecule has 4 heterocycles. The van der Waals surface area contributed by atoms with Crippen molar-refractivity contribution in [1.29, 1.82) is 0 Å². The summed E-state index contributed by atoms with van der Waals surface area (Å²) in [5, 5.41) is 7.52. The van der Waals surface area contributed by atoms with Gasteiger partial charge in [-0.2, -0.15) is 0 Å². The summed E-state index contributed by atoms with van der Waals surface area (Å²) in [7, 11) is 0. The number of H-pyrrole nitrogens is 2. The van der Waals surface area contributed by atoms with E-state index >= 15 is 0 Å². The number of pyridine rings is 1. The lowest BCUT2D eigenvalue weighted by Gasteiger charge is -2.23. The Morgan fingerprint density at radius 2 is 1.78 bits per heavy atom. The first-order valence-corrected chi connectivity index (χ1v) is 11.7. The second-order valence-electron chi connectivity index (χ2n) is 8.63. The van der Waals surface area contributed by atoms with Crippen LogP contribution >= 0.6 is 0 Å². The van der Waals surface area contributed by atoms with Gasteiger partial charge in [-0.05, 0) is 36.4 Å². The number of nitrogens with zero attached hydrogens (tertiary/aromatic N) is 3. The van der Waals surface area contributed by atoms with E-state index in [4.69, 9.17) is 9.72 Å². The fraction of sp³-hybridized carbons (Fsp3) is 0.192. The van der Waals surface area contributed by atoms with Crippen molar-refractivity contribution in [2.45, 2.75) is 18.8 Å². The van der Waals surface area contributed by atoms with E-state index in [9.17, 15) is 9.59 Å². The summed E-state index contributed by atoms with van der Waals surface area (Å²) in [5.74, 6) is 0.0596. The van der Waals surface area contributed by atoms with Crippen molar-refractivity contribution in [2.24, 2.45) is 0 Å². The van der Waals surface area contributed by atoms with E-state index < -0.39 is 0 Å². The summed E-state index contributed by atoms with van der Waals surface area (Å²) >= 11 is 0. The van der Waals surface area contributed by atoms with Crippen LogP contribution in [0.1, 0.15) is 45.3 Å². The molecule has 4 N–H and O–H groups in total. The normalized spacial score (nSPS) is 14.2. The maximum Gasteiger partial charge on any atom is 0.276 e. The zero-order valence-corrected chi connectivity index (χ0v) is 19.2. The van der Waals surface area contributed by atoms with Gasteiger partial charge in [-0.15, -0.1) is 0 Å². The summed E-state index contributed by atoms with van der Waals surface area (Å²) in [6.07, 6.45) is 4.91. The lowest BCUT2D eigenvalue weighted by molar-refractivity contribution is 0.0847. The number of hydrogen-bond acceptors (Lipinski definition) is 6. The van der Waals surface area contributed by atoms with Gasteiger partial charge in [0.15, 0.2) is 0 Å². The summed E-state index contributed by atoms with van der Waals surface area (Å²) in [5.41, 5.74) is 2.64. The zero-order chi connectivity index (χ0) is 24.5. The number of aromatic nitrogens is 5. The van der Waals surface area contributed by atoms with E-state index in [2.05, 4.69) is 30.6 Å². The molecule has 1 aliphatic rings. The lowest BCUT2D eigenvalue weighted by atomic mass is 9.92. The molecule has 0 saturated carbocycles. The highest BCUT2D eigenvalue weighted by Crippen LogP contribution is 2.31. The van der Waals surface area contributed by atoms with Gasteiger partial charge in [0.2, 0.25) is 11.9 Å². The number of hydrogen-bond donors (Lipinski definition) is 4. The molecule has 2 amide bonds. The zero-order valence-electron chi connectivity index (χ0n) is 19.2. The Morgan fingerprint density at radius 1 is 0.944 bits per heavy atom. The summed E-state index contributed by atoms with van der Waals surface area (Å²) in [6, 6.07) is 15.0. The molecule has 10 heteroatoms. The van der Waals surface area contributed by atoms with Crippen LogP contribution in [0.5, 0.6) is 0 Å². The van der Waals surface area contributed by atoms with E-state index in [1.165, 1.54) is 0 Å². The molecule has 0 unspecified atom stereocenters. The minimum absolute atomic E-state index is 0.232. The van der Waals surface area contributed by atoms with Gasteiger partial charge in [0, 0.05) is 36.9 Å². The first kappa shape index (κ1) is 21.9. The molecule has 6 rings (SSSR count). The molecule has 36 heavy (non-hydrogen) atoms. The smallest absolute Gasteiger partial charge is 0.276 e. The minimum Gasteiger partial charge on any atom is -0.381 e. The molecule has 1 aliphatic heterocycles. The third-order valence-corrected chi connectivity index (χ3v) is 6.33. The topological polar surface area (TPSA) is 138 Å². The summed E-state index contributed by atoms with van der Waals surface area (Å²) in [4.78, 5) is 45.2. The number of imidazole rings is 2. The van der Waals surface area contributed by atoms with Gasteiger partial charge in [-0.25, -0.2) is 15.0 Å². The molecular weight excluding hydrogens is 458 g/mol. The number of para-hydroxylation sites is 1. The highest BCUT2D eigenvalue weighted by molar-refractivity contribution is 6.12. The molecule has 1 saturated heterocycles. The maximum atomic E-state index is 13.2. The van der Waals surface area contributed by atoms with Crippen LogP contribution in [0.25, 0.3) is 21.8 Å². The molecule has 0 radical (unpaired) electrons. The molecule has 0 atom stereocenters. The number of rotatable bonds is 5. The van der Waals surface area contributed by atoms with Crippen molar-refractivity contribution < 1.29 is 14.3 Å². The van der Waals surface area contributed by atoms with Crippen LogP contribution in [0.15, 0.2) is 60.9 Å². The Hall–Kier alpha value is -4.57. The predicted molar refractivity (Wildman–Crippen MR) is 135 cm³/mol. The molecule has 0 bridgehead atoms. The summed E-state index contributed by atoms with van der Waals surface area (Å²) in [6.45, 7) is 1.37. The third kappa shape index (κ3) is 4.18. The van der Waals surface area contributed by atoms with Crippen LogP contribution in [0.4, 0.5) is 11.9 Å². The second kappa shape index (κ2) is 9.23. The van der Waals surface area contributed by atoms with Crippen LogP contribution < -0.4 is 10.6 Å². The fourth-order valence-corrected chi connectivity index (χ4v) is 4.58. The van der Waals surface area contributed by atoms with E-state index in [0.29, 0.717) is 41.5 Å². The van der Waals surface area contributed by atoms with Gasteiger partial charge in [0.05, 0.1) is 16.8 Å². The third-order valence-electron chi connectivity index (χ3n) is 6.33. The van der Waals surface area contributed by atoms with Gasteiger partial charge < -0.3 is 14.7 Å². The number of benzene rings is 2. The number of carbonyl (C=O) groups excluding carboxylic acids is 2. The first-order valence-electron chi connectivity index (χ1n) is 11.7. The second-order valence-corrected chi connectivity index (χ2v) is 8.63. The van der Waals surface area contributed by atoms with E-state index in [1.54, 1.807) is 36.7 Å². The van der Waals surface area contributed by atoms with Crippen LogP contribution in [0.2, 0.25) is 0 Å². The molecule has 1 fully saturated rings. The molecule has 3 aromatic heterocycles.